The van der Waals surface area contributed by atoms with Crippen LogP contribution in [0.3, 0.4) is 0 Å². The topological polar surface area (TPSA) is 41.6 Å². The van der Waals surface area contributed by atoms with Crippen molar-refractivity contribution in [2.24, 2.45) is 0 Å². The normalized spacial score (nSPS) is 21.8. The van der Waals surface area contributed by atoms with Gasteiger partial charge in [0.2, 0.25) is 5.91 Å². The highest BCUT2D eigenvalue weighted by atomic mass is 16.5. The lowest BCUT2D eigenvalue weighted by molar-refractivity contribution is -0.122. The molecule has 0 saturated carbocycles. The summed E-state index contributed by atoms with van der Waals surface area (Å²) >= 11 is 0. The average Bonchev–Trinajstić information content (AvgIpc) is 3.23. The molecule has 4 rings (SSSR count). The fraction of sp³-hybridized carbons (Fsp3) is 0.381. The maximum atomic E-state index is 13.1. The van der Waals surface area contributed by atoms with Gasteiger partial charge < -0.3 is 15.0 Å². The fourth-order valence-corrected chi connectivity index (χ4v) is 4.00. The highest BCUT2D eigenvalue weighted by Crippen LogP contribution is 2.45. The second-order valence-corrected chi connectivity index (χ2v) is 6.85. The SMILES string of the molecule is O=C1N(CCCCOc2ccccc2)c2ccccc2C12CCNC2. The zero-order chi connectivity index (χ0) is 17.1. The smallest absolute Gasteiger partial charge is 0.239 e. The van der Waals surface area contributed by atoms with Gasteiger partial charge in [-0.1, -0.05) is 36.4 Å². The predicted molar refractivity (Wildman–Crippen MR) is 99.1 cm³/mol. The Morgan fingerprint density at radius 2 is 1.84 bits per heavy atom. The van der Waals surface area contributed by atoms with Gasteiger partial charge in [0, 0.05) is 18.8 Å². The second kappa shape index (κ2) is 6.89. The van der Waals surface area contributed by atoms with Crippen LogP contribution in [-0.2, 0) is 10.2 Å². The Labute approximate surface area is 148 Å². The minimum absolute atomic E-state index is 0.266. The number of nitrogens with one attached hydrogen (secondary N) is 1. The van der Waals surface area contributed by atoms with Gasteiger partial charge in [-0.05, 0) is 49.6 Å². The first-order valence-corrected chi connectivity index (χ1v) is 9.11. The number of amides is 1. The van der Waals surface area contributed by atoms with Crippen molar-refractivity contribution in [3.8, 4) is 5.75 Å². The minimum Gasteiger partial charge on any atom is -0.494 e. The van der Waals surface area contributed by atoms with Crippen LogP contribution in [0.5, 0.6) is 5.75 Å². The first-order chi connectivity index (χ1) is 12.3. The molecule has 130 valence electrons. The van der Waals surface area contributed by atoms with Gasteiger partial charge in [0.25, 0.3) is 0 Å². The summed E-state index contributed by atoms with van der Waals surface area (Å²) in [6.07, 6.45) is 2.78. The van der Waals surface area contributed by atoms with Crippen molar-refractivity contribution in [2.75, 3.05) is 31.1 Å². The standard InChI is InChI=1S/C21H24N2O2/c24-20-21(12-13-22-16-21)18-10-4-5-11-19(18)23(20)14-6-7-15-25-17-8-2-1-3-9-17/h1-5,8-11,22H,6-7,12-16H2. The third-order valence-corrected chi connectivity index (χ3v) is 5.31. The molecule has 1 atom stereocenters. The van der Waals surface area contributed by atoms with E-state index < -0.39 is 0 Å². The average molecular weight is 336 g/mol. The molecule has 1 N–H and O–H groups in total. The Kier molecular flexibility index (Phi) is 4.45. The van der Waals surface area contributed by atoms with Crippen molar-refractivity contribution in [2.45, 2.75) is 24.7 Å². The largest absolute Gasteiger partial charge is 0.494 e. The monoisotopic (exact) mass is 336 g/mol. The van der Waals surface area contributed by atoms with E-state index >= 15 is 0 Å². The molecule has 1 fully saturated rings. The second-order valence-electron chi connectivity index (χ2n) is 6.85. The molecule has 2 heterocycles. The van der Waals surface area contributed by atoms with Crippen LogP contribution in [0.15, 0.2) is 54.6 Å². The summed E-state index contributed by atoms with van der Waals surface area (Å²) in [4.78, 5) is 15.1. The number of unbranched alkanes of at least 4 members (excludes halogenated alkanes) is 1. The van der Waals surface area contributed by atoms with Gasteiger partial charge in [-0.15, -0.1) is 0 Å². The predicted octanol–water partition coefficient (Wildman–Crippen LogP) is 3.12. The van der Waals surface area contributed by atoms with E-state index in [0.29, 0.717) is 6.61 Å². The number of anilines is 1. The third kappa shape index (κ3) is 2.91. The van der Waals surface area contributed by atoms with E-state index in [1.54, 1.807) is 0 Å². The summed E-state index contributed by atoms with van der Waals surface area (Å²) in [5, 5.41) is 3.37. The Morgan fingerprint density at radius 1 is 1.04 bits per heavy atom. The number of hydrogen-bond acceptors (Lipinski definition) is 3. The quantitative estimate of drug-likeness (QED) is 0.824. The molecule has 1 amide bonds. The molecule has 2 aliphatic rings. The number of fused-ring (bicyclic) bond motifs is 2. The number of hydrogen-bond donors (Lipinski definition) is 1. The van der Waals surface area contributed by atoms with Crippen LogP contribution < -0.4 is 15.0 Å². The molecule has 1 unspecified atom stereocenters. The van der Waals surface area contributed by atoms with Crippen molar-refractivity contribution in [1.82, 2.24) is 5.32 Å². The molecule has 2 aromatic carbocycles. The van der Waals surface area contributed by atoms with Crippen LogP contribution in [0, 0.1) is 0 Å². The van der Waals surface area contributed by atoms with E-state index in [1.165, 1.54) is 5.56 Å². The van der Waals surface area contributed by atoms with Crippen LogP contribution in [0.2, 0.25) is 0 Å². The lowest BCUT2D eigenvalue weighted by atomic mass is 9.81. The van der Waals surface area contributed by atoms with Crippen LogP contribution in [0.4, 0.5) is 5.69 Å². The number of rotatable bonds is 6. The first-order valence-electron chi connectivity index (χ1n) is 9.11. The Hall–Kier alpha value is -2.33. The van der Waals surface area contributed by atoms with Gasteiger partial charge in [0.05, 0.1) is 12.0 Å². The lowest BCUT2D eigenvalue weighted by Crippen LogP contribution is -2.42. The van der Waals surface area contributed by atoms with Crippen molar-refractivity contribution < 1.29 is 9.53 Å². The van der Waals surface area contributed by atoms with Crippen LogP contribution in [0.25, 0.3) is 0 Å². The maximum Gasteiger partial charge on any atom is 0.239 e. The zero-order valence-corrected chi connectivity index (χ0v) is 14.4. The van der Waals surface area contributed by atoms with E-state index in [-0.39, 0.29) is 11.3 Å². The molecule has 2 aromatic rings. The van der Waals surface area contributed by atoms with Crippen LogP contribution in [-0.4, -0.2) is 32.1 Å². The minimum atomic E-state index is -0.336. The third-order valence-electron chi connectivity index (χ3n) is 5.31. The summed E-state index contributed by atoms with van der Waals surface area (Å²) in [7, 11) is 0. The van der Waals surface area contributed by atoms with Crippen molar-refractivity contribution in [3.05, 3.63) is 60.2 Å². The summed E-state index contributed by atoms with van der Waals surface area (Å²) in [5.74, 6) is 1.17. The number of para-hydroxylation sites is 2. The van der Waals surface area contributed by atoms with Gasteiger partial charge in [-0.2, -0.15) is 0 Å². The summed E-state index contributed by atoms with van der Waals surface area (Å²) in [5.41, 5.74) is 1.96. The van der Waals surface area contributed by atoms with E-state index in [1.807, 2.05) is 47.4 Å². The van der Waals surface area contributed by atoms with Gasteiger partial charge >= 0.3 is 0 Å². The van der Waals surface area contributed by atoms with Crippen molar-refractivity contribution >= 4 is 11.6 Å². The van der Waals surface area contributed by atoms with E-state index in [0.717, 1.165) is 50.3 Å². The molecule has 0 radical (unpaired) electrons. The molecule has 0 aliphatic carbocycles. The summed E-state index contributed by atoms with van der Waals surface area (Å²) in [6.45, 7) is 3.12. The molecule has 0 aromatic heterocycles. The van der Waals surface area contributed by atoms with Gasteiger partial charge in [0.1, 0.15) is 5.75 Å². The zero-order valence-electron chi connectivity index (χ0n) is 14.4. The summed E-state index contributed by atoms with van der Waals surface area (Å²) in [6, 6.07) is 18.2. The molecule has 4 heteroatoms. The number of carbonyl (C=O) groups excluding carboxylic acids is 1. The molecule has 25 heavy (non-hydrogen) atoms. The van der Waals surface area contributed by atoms with E-state index in [4.69, 9.17) is 4.74 Å². The number of benzene rings is 2. The molecule has 2 aliphatic heterocycles. The number of carbonyl (C=O) groups is 1. The Morgan fingerprint density at radius 3 is 2.64 bits per heavy atom. The fourth-order valence-electron chi connectivity index (χ4n) is 4.00. The van der Waals surface area contributed by atoms with Crippen LogP contribution in [0.1, 0.15) is 24.8 Å². The van der Waals surface area contributed by atoms with Crippen LogP contribution >= 0.6 is 0 Å². The highest BCUT2D eigenvalue weighted by molar-refractivity contribution is 6.08. The van der Waals surface area contributed by atoms with E-state index in [9.17, 15) is 4.79 Å². The van der Waals surface area contributed by atoms with Gasteiger partial charge in [-0.25, -0.2) is 0 Å². The molecular formula is C21H24N2O2. The summed E-state index contributed by atoms with van der Waals surface area (Å²) < 4.78 is 5.75. The first kappa shape index (κ1) is 16.2. The molecule has 1 spiro atoms. The Bertz CT molecular complexity index is 739. The van der Waals surface area contributed by atoms with Crippen molar-refractivity contribution in [1.29, 1.82) is 0 Å². The maximum absolute atomic E-state index is 13.1. The van der Waals surface area contributed by atoms with Gasteiger partial charge in [0.15, 0.2) is 0 Å². The number of nitrogens with zero attached hydrogens (tertiary/aromatic N) is 1. The molecule has 4 nitrogen and oxygen atoms in total. The molecule has 0 bridgehead atoms. The highest BCUT2D eigenvalue weighted by Gasteiger charge is 2.51. The Balaban J connectivity index is 1.37. The van der Waals surface area contributed by atoms with Gasteiger partial charge in [-0.3, -0.25) is 4.79 Å². The molecular weight excluding hydrogens is 312 g/mol. The van der Waals surface area contributed by atoms with E-state index in [2.05, 4.69) is 17.4 Å². The lowest BCUT2D eigenvalue weighted by Gasteiger charge is -2.23. The molecule has 1 saturated heterocycles. The van der Waals surface area contributed by atoms with Crippen molar-refractivity contribution in [3.63, 3.8) is 0 Å². The number of ether oxygens (including phenoxy) is 1.